The van der Waals surface area contributed by atoms with Gasteiger partial charge in [0.05, 0.1) is 12.1 Å². The van der Waals surface area contributed by atoms with E-state index in [4.69, 9.17) is 10.2 Å². The summed E-state index contributed by atoms with van der Waals surface area (Å²) in [7, 11) is 0. The van der Waals surface area contributed by atoms with Gasteiger partial charge in [-0.1, -0.05) is 0 Å². The quantitative estimate of drug-likeness (QED) is 0.545. The number of hydrogen-bond donors (Lipinski definition) is 5. The molecule has 1 aromatic rings. The highest BCUT2D eigenvalue weighted by Gasteiger charge is 2.18. The highest BCUT2D eigenvalue weighted by Crippen LogP contribution is 2.22. The molecule has 0 fully saturated rings. The second-order valence-corrected chi connectivity index (χ2v) is 4.66. The molecule has 0 unspecified atom stereocenters. The molecule has 0 aromatic heterocycles. The molecule has 0 bridgehead atoms. The minimum absolute atomic E-state index is 0.0397. The van der Waals surface area contributed by atoms with Crippen LogP contribution in [0, 0.1) is 0 Å². The normalized spacial score (nSPS) is 11.1. The van der Waals surface area contributed by atoms with Gasteiger partial charge in [0.1, 0.15) is 11.5 Å². The molecular formula is C12H18N2O4. The molecule has 6 heteroatoms. The van der Waals surface area contributed by atoms with Gasteiger partial charge < -0.3 is 26.0 Å². The molecule has 1 rings (SSSR count). The van der Waals surface area contributed by atoms with Crippen LogP contribution >= 0.6 is 0 Å². The lowest BCUT2D eigenvalue weighted by atomic mass is 10.1. The van der Waals surface area contributed by atoms with E-state index in [0.29, 0.717) is 5.56 Å². The molecule has 0 atom stereocenters. The van der Waals surface area contributed by atoms with Gasteiger partial charge in [-0.05, 0) is 26.0 Å². The van der Waals surface area contributed by atoms with Crippen LogP contribution in [0.4, 0.5) is 4.79 Å². The number of hydrogen-bond acceptors (Lipinski definition) is 4. The van der Waals surface area contributed by atoms with E-state index in [2.05, 4.69) is 10.6 Å². The van der Waals surface area contributed by atoms with Crippen molar-refractivity contribution in [3.05, 3.63) is 23.8 Å². The fourth-order valence-corrected chi connectivity index (χ4v) is 1.27. The number of rotatable bonds is 4. The van der Waals surface area contributed by atoms with E-state index >= 15 is 0 Å². The second-order valence-electron chi connectivity index (χ2n) is 4.66. The van der Waals surface area contributed by atoms with E-state index in [9.17, 15) is 9.90 Å². The molecule has 0 heterocycles. The van der Waals surface area contributed by atoms with E-state index < -0.39 is 11.6 Å². The first kappa shape index (κ1) is 14.1. The lowest BCUT2D eigenvalue weighted by Gasteiger charge is -2.23. The fraction of sp³-hybridized carbons (Fsp3) is 0.417. The van der Waals surface area contributed by atoms with Crippen molar-refractivity contribution < 1.29 is 20.1 Å². The number of amides is 2. The number of carbonyl (C=O) groups is 1. The average Bonchev–Trinajstić information content (AvgIpc) is 2.27. The molecule has 0 spiro atoms. The second kappa shape index (κ2) is 5.59. The Balaban J connectivity index is 2.53. The molecule has 18 heavy (non-hydrogen) atoms. The molecular weight excluding hydrogens is 236 g/mol. The SMILES string of the molecule is CC(C)(CO)NC(=O)NCc1ccc(O)cc1O. The minimum Gasteiger partial charge on any atom is -0.508 e. The summed E-state index contributed by atoms with van der Waals surface area (Å²) < 4.78 is 0. The highest BCUT2D eigenvalue weighted by molar-refractivity contribution is 5.74. The van der Waals surface area contributed by atoms with Crippen molar-refractivity contribution in [2.75, 3.05) is 6.61 Å². The fourth-order valence-electron chi connectivity index (χ4n) is 1.27. The number of carbonyl (C=O) groups excluding carboxylic acids is 1. The summed E-state index contributed by atoms with van der Waals surface area (Å²) in [5.41, 5.74) is -0.217. The third-order valence-electron chi connectivity index (χ3n) is 2.36. The summed E-state index contributed by atoms with van der Waals surface area (Å²) in [6.07, 6.45) is 0. The molecule has 0 aliphatic carbocycles. The van der Waals surface area contributed by atoms with Gasteiger partial charge in [0, 0.05) is 18.2 Å². The summed E-state index contributed by atoms with van der Waals surface area (Å²) in [6.45, 7) is 3.32. The molecule has 0 radical (unpaired) electrons. The predicted molar refractivity (Wildman–Crippen MR) is 66.3 cm³/mol. The molecule has 2 amide bonds. The maximum absolute atomic E-state index is 11.5. The maximum atomic E-state index is 11.5. The number of aliphatic hydroxyl groups is 1. The Kier molecular flexibility index (Phi) is 4.38. The van der Waals surface area contributed by atoms with Gasteiger partial charge >= 0.3 is 6.03 Å². The molecule has 100 valence electrons. The number of phenols is 2. The predicted octanol–water partition coefficient (Wildman–Crippen LogP) is 0.668. The Hall–Kier alpha value is -1.95. The Morgan fingerprint density at radius 3 is 2.56 bits per heavy atom. The van der Waals surface area contributed by atoms with Crippen LogP contribution in [0.3, 0.4) is 0 Å². The first-order chi connectivity index (χ1) is 8.34. The molecule has 5 N–H and O–H groups in total. The van der Waals surface area contributed by atoms with Crippen LogP contribution in [-0.2, 0) is 6.54 Å². The van der Waals surface area contributed by atoms with Crippen LogP contribution in [0.1, 0.15) is 19.4 Å². The van der Waals surface area contributed by atoms with Crippen molar-refractivity contribution >= 4 is 6.03 Å². The first-order valence-electron chi connectivity index (χ1n) is 5.52. The van der Waals surface area contributed by atoms with Gasteiger partial charge in [-0.25, -0.2) is 4.79 Å². The number of urea groups is 1. The van der Waals surface area contributed by atoms with Gasteiger partial charge in [-0.3, -0.25) is 0 Å². The number of aliphatic hydroxyl groups excluding tert-OH is 1. The van der Waals surface area contributed by atoms with E-state index in [1.807, 2.05) is 0 Å². The number of phenolic OH excluding ortho intramolecular Hbond substituents is 2. The van der Waals surface area contributed by atoms with Gasteiger partial charge in [0.2, 0.25) is 0 Å². The monoisotopic (exact) mass is 254 g/mol. The Morgan fingerprint density at radius 1 is 1.33 bits per heavy atom. The number of benzene rings is 1. The van der Waals surface area contributed by atoms with Gasteiger partial charge in [0.25, 0.3) is 0 Å². The summed E-state index contributed by atoms with van der Waals surface area (Å²) in [5.74, 6) is -0.126. The maximum Gasteiger partial charge on any atom is 0.315 e. The van der Waals surface area contributed by atoms with Gasteiger partial charge in [-0.15, -0.1) is 0 Å². The van der Waals surface area contributed by atoms with Crippen LogP contribution in [0.25, 0.3) is 0 Å². The largest absolute Gasteiger partial charge is 0.508 e. The Labute approximate surface area is 105 Å². The smallest absolute Gasteiger partial charge is 0.315 e. The molecule has 6 nitrogen and oxygen atoms in total. The third-order valence-corrected chi connectivity index (χ3v) is 2.36. The van der Waals surface area contributed by atoms with Crippen LogP contribution in [0.2, 0.25) is 0 Å². The van der Waals surface area contributed by atoms with E-state index in [-0.39, 0.29) is 24.7 Å². The minimum atomic E-state index is -0.707. The summed E-state index contributed by atoms with van der Waals surface area (Å²) in [4.78, 5) is 11.5. The van der Waals surface area contributed by atoms with Crippen molar-refractivity contribution in [3.63, 3.8) is 0 Å². The van der Waals surface area contributed by atoms with Crippen molar-refractivity contribution in [1.82, 2.24) is 10.6 Å². The Bertz CT molecular complexity index is 432. The summed E-state index contributed by atoms with van der Waals surface area (Å²) >= 11 is 0. The van der Waals surface area contributed by atoms with Crippen LogP contribution < -0.4 is 10.6 Å². The standard InChI is InChI=1S/C12H18N2O4/c1-12(2,7-15)14-11(18)13-6-8-3-4-9(16)5-10(8)17/h3-5,15-17H,6-7H2,1-2H3,(H2,13,14,18). The topological polar surface area (TPSA) is 102 Å². The zero-order valence-electron chi connectivity index (χ0n) is 10.4. The first-order valence-corrected chi connectivity index (χ1v) is 5.52. The average molecular weight is 254 g/mol. The molecule has 0 saturated carbocycles. The molecule has 0 aliphatic rings. The highest BCUT2D eigenvalue weighted by atomic mass is 16.3. The summed E-state index contributed by atoms with van der Waals surface area (Å²) in [5, 5.41) is 32.7. The van der Waals surface area contributed by atoms with Gasteiger partial charge in [-0.2, -0.15) is 0 Å². The number of nitrogens with one attached hydrogen (secondary N) is 2. The lowest BCUT2D eigenvalue weighted by molar-refractivity contribution is 0.182. The number of aromatic hydroxyl groups is 2. The van der Waals surface area contributed by atoms with Gasteiger partial charge in [0.15, 0.2) is 0 Å². The van der Waals surface area contributed by atoms with Crippen molar-refractivity contribution in [3.8, 4) is 11.5 Å². The summed E-state index contributed by atoms with van der Waals surface area (Å²) in [6, 6.07) is 3.70. The Morgan fingerprint density at radius 2 is 2.00 bits per heavy atom. The lowest BCUT2D eigenvalue weighted by Crippen LogP contribution is -2.50. The van der Waals surface area contributed by atoms with Crippen LogP contribution in [-0.4, -0.2) is 33.5 Å². The molecule has 0 saturated heterocycles. The molecule has 1 aromatic carbocycles. The van der Waals surface area contributed by atoms with Crippen molar-refractivity contribution in [1.29, 1.82) is 0 Å². The van der Waals surface area contributed by atoms with Crippen LogP contribution in [0.15, 0.2) is 18.2 Å². The molecule has 0 aliphatic heterocycles. The van der Waals surface area contributed by atoms with Crippen molar-refractivity contribution in [2.45, 2.75) is 25.9 Å². The van der Waals surface area contributed by atoms with E-state index in [1.165, 1.54) is 18.2 Å². The van der Waals surface area contributed by atoms with Crippen molar-refractivity contribution in [2.24, 2.45) is 0 Å². The van der Waals surface area contributed by atoms with Crippen LogP contribution in [0.5, 0.6) is 11.5 Å². The zero-order chi connectivity index (χ0) is 13.8. The zero-order valence-corrected chi connectivity index (χ0v) is 10.4. The third kappa shape index (κ3) is 4.14. The van der Waals surface area contributed by atoms with E-state index in [1.54, 1.807) is 13.8 Å². The van der Waals surface area contributed by atoms with E-state index in [0.717, 1.165) is 0 Å².